The first-order chi connectivity index (χ1) is 13.0. The molecule has 0 aromatic heterocycles. The number of amides is 2. The molecule has 2 saturated heterocycles. The van der Waals surface area contributed by atoms with Crippen LogP contribution in [-0.4, -0.2) is 74.4 Å². The van der Waals surface area contributed by atoms with Crippen molar-refractivity contribution in [3.63, 3.8) is 0 Å². The molecular weight excluding hydrogens is 364 g/mol. The molecule has 2 fully saturated rings. The minimum Gasteiger partial charge on any atom is -0.334 e. The van der Waals surface area contributed by atoms with Crippen molar-refractivity contribution in [2.45, 2.75) is 37.6 Å². The van der Waals surface area contributed by atoms with Gasteiger partial charge in [0.1, 0.15) is 0 Å². The molecule has 2 amide bonds. The summed E-state index contributed by atoms with van der Waals surface area (Å²) in [5.74, 6) is 0. The highest BCUT2D eigenvalue weighted by molar-refractivity contribution is 7.89. The molecule has 0 saturated carbocycles. The molecule has 8 heteroatoms. The van der Waals surface area contributed by atoms with Crippen LogP contribution in [-0.2, 0) is 16.6 Å². The molecule has 2 heterocycles. The minimum atomic E-state index is -3.51. The summed E-state index contributed by atoms with van der Waals surface area (Å²) in [6.07, 6.45) is 2.89. The van der Waals surface area contributed by atoms with E-state index in [0.29, 0.717) is 36.6 Å². The Bertz CT molecular complexity index is 739. The Morgan fingerprint density at radius 2 is 1.67 bits per heavy atom. The summed E-state index contributed by atoms with van der Waals surface area (Å²) in [5, 5.41) is 2.90. The molecule has 0 aliphatic carbocycles. The van der Waals surface area contributed by atoms with E-state index in [9.17, 15) is 13.2 Å². The topological polar surface area (TPSA) is 73.0 Å². The average molecular weight is 395 g/mol. The lowest BCUT2D eigenvalue weighted by molar-refractivity contribution is 0.142. The first kappa shape index (κ1) is 20.1. The lowest BCUT2D eigenvalue weighted by Crippen LogP contribution is -2.51. The molecule has 7 nitrogen and oxygen atoms in total. The summed E-state index contributed by atoms with van der Waals surface area (Å²) >= 11 is 0. The van der Waals surface area contributed by atoms with Crippen LogP contribution in [0, 0.1) is 0 Å². The molecule has 1 aromatic rings. The highest BCUT2D eigenvalue weighted by Gasteiger charge is 2.28. The summed E-state index contributed by atoms with van der Waals surface area (Å²) < 4.78 is 27.6. The van der Waals surface area contributed by atoms with E-state index >= 15 is 0 Å². The van der Waals surface area contributed by atoms with Gasteiger partial charge in [0.2, 0.25) is 10.0 Å². The molecule has 27 heavy (non-hydrogen) atoms. The van der Waals surface area contributed by atoms with Crippen LogP contribution in [0.3, 0.4) is 0 Å². The molecule has 0 bridgehead atoms. The van der Waals surface area contributed by atoms with Crippen LogP contribution < -0.4 is 5.32 Å². The molecule has 1 aromatic carbocycles. The van der Waals surface area contributed by atoms with Crippen molar-refractivity contribution in [1.82, 2.24) is 19.4 Å². The van der Waals surface area contributed by atoms with Gasteiger partial charge in [-0.2, -0.15) is 4.31 Å². The van der Waals surface area contributed by atoms with Gasteiger partial charge in [0.25, 0.3) is 0 Å². The van der Waals surface area contributed by atoms with E-state index in [1.165, 1.54) is 0 Å². The van der Waals surface area contributed by atoms with Crippen LogP contribution >= 0.6 is 0 Å². The lowest BCUT2D eigenvalue weighted by atomic mass is 10.2. The van der Waals surface area contributed by atoms with Crippen molar-refractivity contribution in [2.75, 3.05) is 45.8 Å². The van der Waals surface area contributed by atoms with Gasteiger partial charge < -0.3 is 15.1 Å². The predicted octanol–water partition coefficient (Wildman–Crippen LogP) is 1.71. The van der Waals surface area contributed by atoms with E-state index in [1.54, 1.807) is 27.4 Å². The number of carbonyl (C=O) groups is 1. The molecule has 150 valence electrons. The Kier molecular flexibility index (Phi) is 6.73. The molecule has 2 aliphatic heterocycles. The fourth-order valence-corrected chi connectivity index (χ4v) is 5.43. The van der Waals surface area contributed by atoms with Gasteiger partial charge >= 0.3 is 6.03 Å². The number of nitrogens with zero attached hydrogens (tertiary/aromatic N) is 3. The number of piperazine rings is 1. The van der Waals surface area contributed by atoms with Crippen molar-refractivity contribution in [3.8, 4) is 0 Å². The lowest BCUT2D eigenvalue weighted by Gasteiger charge is -2.34. The van der Waals surface area contributed by atoms with Crippen LogP contribution in [0.25, 0.3) is 0 Å². The fourth-order valence-electron chi connectivity index (χ4n) is 3.70. The van der Waals surface area contributed by atoms with Crippen LogP contribution in [0.2, 0.25) is 0 Å². The summed E-state index contributed by atoms with van der Waals surface area (Å²) in [5.41, 5.74) is 0.642. The summed E-state index contributed by atoms with van der Waals surface area (Å²) in [4.78, 5) is 16.9. The maximum Gasteiger partial charge on any atom is 0.317 e. The molecule has 1 N–H and O–H groups in total. The number of hydrogen-bond donors (Lipinski definition) is 1. The first-order valence-electron chi connectivity index (χ1n) is 9.85. The van der Waals surface area contributed by atoms with E-state index in [1.807, 2.05) is 6.07 Å². The second-order valence-electron chi connectivity index (χ2n) is 7.15. The predicted molar refractivity (Wildman–Crippen MR) is 105 cm³/mol. The van der Waals surface area contributed by atoms with Crippen molar-refractivity contribution >= 4 is 16.1 Å². The number of hydrogen-bond acceptors (Lipinski definition) is 4. The van der Waals surface area contributed by atoms with Gasteiger partial charge in [-0.1, -0.05) is 31.5 Å². The second-order valence-corrected chi connectivity index (χ2v) is 9.06. The zero-order chi connectivity index (χ0) is 19.3. The van der Waals surface area contributed by atoms with Crippen LogP contribution in [0.5, 0.6) is 0 Å². The normalized spacial score (nSPS) is 19.8. The second kappa shape index (κ2) is 9.03. The Balaban J connectivity index is 1.65. The van der Waals surface area contributed by atoms with E-state index in [4.69, 9.17) is 0 Å². The maximum atomic E-state index is 13.0. The van der Waals surface area contributed by atoms with Crippen molar-refractivity contribution < 1.29 is 13.2 Å². The Hall–Kier alpha value is -1.64. The first-order valence-corrected chi connectivity index (χ1v) is 11.3. The standard InChI is InChI=1S/C19H30N4O3S/c1-2-21-12-14-22(15-13-21)19(24)20-16-17-8-4-5-9-18(17)27(25,26)23-10-6-3-7-11-23/h4-5,8-9H,2-3,6-7,10-16H2,1H3,(H,20,24). The smallest absolute Gasteiger partial charge is 0.317 e. The summed E-state index contributed by atoms with van der Waals surface area (Å²) in [7, 11) is -3.51. The Morgan fingerprint density at radius 3 is 2.33 bits per heavy atom. The number of sulfonamides is 1. The van der Waals surface area contributed by atoms with Gasteiger partial charge in [0.05, 0.1) is 4.90 Å². The molecule has 0 unspecified atom stereocenters. The Morgan fingerprint density at radius 1 is 1.00 bits per heavy atom. The molecule has 0 spiro atoms. The number of likely N-dealkylation sites (N-methyl/N-ethyl adjacent to an activating group) is 1. The largest absolute Gasteiger partial charge is 0.334 e. The van der Waals surface area contributed by atoms with E-state index in [2.05, 4.69) is 17.1 Å². The fraction of sp³-hybridized carbons (Fsp3) is 0.632. The molecular formula is C19H30N4O3S. The number of nitrogens with one attached hydrogen (secondary N) is 1. The average Bonchev–Trinajstić information content (AvgIpc) is 2.73. The van der Waals surface area contributed by atoms with E-state index in [0.717, 1.165) is 38.9 Å². The highest BCUT2D eigenvalue weighted by Crippen LogP contribution is 2.23. The zero-order valence-corrected chi connectivity index (χ0v) is 16.9. The van der Waals surface area contributed by atoms with E-state index in [-0.39, 0.29) is 12.6 Å². The van der Waals surface area contributed by atoms with Gasteiger partial charge in [0, 0.05) is 45.8 Å². The monoisotopic (exact) mass is 394 g/mol. The van der Waals surface area contributed by atoms with Crippen LogP contribution in [0.15, 0.2) is 29.2 Å². The third kappa shape index (κ3) is 4.80. The third-order valence-corrected chi connectivity index (χ3v) is 7.44. The number of carbonyl (C=O) groups excluding carboxylic acids is 1. The van der Waals surface area contributed by atoms with Gasteiger partial charge in [0.15, 0.2) is 0 Å². The number of piperidine rings is 1. The Labute approximate surface area is 162 Å². The number of urea groups is 1. The highest BCUT2D eigenvalue weighted by atomic mass is 32.2. The third-order valence-electron chi connectivity index (χ3n) is 5.44. The van der Waals surface area contributed by atoms with Gasteiger partial charge in [-0.05, 0) is 31.0 Å². The maximum absolute atomic E-state index is 13.0. The van der Waals surface area contributed by atoms with Crippen molar-refractivity contribution in [3.05, 3.63) is 29.8 Å². The van der Waals surface area contributed by atoms with Crippen LogP contribution in [0.4, 0.5) is 4.79 Å². The summed E-state index contributed by atoms with van der Waals surface area (Å²) in [6, 6.07) is 6.86. The zero-order valence-electron chi connectivity index (χ0n) is 16.1. The quantitative estimate of drug-likeness (QED) is 0.825. The van der Waals surface area contributed by atoms with Gasteiger partial charge in [-0.3, -0.25) is 0 Å². The molecule has 2 aliphatic rings. The van der Waals surface area contributed by atoms with Crippen molar-refractivity contribution in [2.24, 2.45) is 0 Å². The van der Waals surface area contributed by atoms with E-state index < -0.39 is 10.0 Å². The molecule has 3 rings (SSSR count). The van der Waals surface area contributed by atoms with Crippen molar-refractivity contribution in [1.29, 1.82) is 0 Å². The van der Waals surface area contributed by atoms with Gasteiger partial charge in [-0.25, -0.2) is 13.2 Å². The number of benzene rings is 1. The number of rotatable bonds is 5. The molecule has 0 radical (unpaired) electrons. The van der Waals surface area contributed by atoms with Gasteiger partial charge in [-0.15, -0.1) is 0 Å². The molecule has 0 atom stereocenters. The SMILES string of the molecule is CCN1CCN(C(=O)NCc2ccccc2S(=O)(=O)N2CCCCC2)CC1. The van der Waals surface area contributed by atoms with Crippen LogP contribution in [0.1, 0.15) is 31.7 Å². The summed E-state index contributed by atoms with van der Waals surface area (Å²) in [6.45, 7) is 7.65. The minimum absolute atomic E-state index is 0.129.